The van der Waals surface area contributed by atoms with Crippen LogP contribution in [-0.2, 0) is 54.3 Å². The van der Waals surface area contributed by atoms with Crippen LogP contribution < -0.4 is 16.0 Å². The summed E-state index contributed by atoms with van der Waals surface area (Å²) in [5.74, 6) is -0.486. The van der Waals surface area contributed by atoms with Crippen molar-refractivity contribution in [3.63, 3.8) is 0 Å². The zero-order chi connectivity index (χ0) is 62.4. The highest BCUT2D eigenvalue weighted by Crippen LogP contribution is 2.27. The van der Waals surface area contributed by atoms with Crippen LogP contribution in [0.3, 0.4) is 0 Å². The third kappa shape index (κ3) is 25.9. The van der Waals surface area contributed by atoms with Crippen LogP contribution >= 0.6 is 0 Å². The second-order valence-electron chi connectivity index (χ2n) is 26.3. The Bertz CT molecular complexity index is 2560. The molecule has 0 aliphatic carbocycles. The Hall–Kier alpha value is -6.74. The molecule has 0 aromatic heterocycles. The number of carbonyl (C=O) groups is 6. The third-order valence-corrected chi connectivity index (χ3v) is 16.9. The molecule has 5 amide bonds. The fraction of sp³-hybridized carbons (Fsp3) is 0.583. The lowest BCUT2D eigenvalue weighted by Gasteiger charge is -2.40. The van der Waals surface area contributed by atoms with E-state index in [9.17, 15) is 28.8 Å². The van der Waals surface area contributed by atoms with E-state index in [1.807, 2.05) is 37.8 Å². The number of hydrogen-bond donors (Lipinski definition) is 4. The molecule has 0 saturated carbocycles. The molecular formula is C72H104N6O9. The van der Waals surface area contributed by atoms with Crippen molar-refractivity contribution >= 4 is 35.9 Å². The van der Waals surface area contributed by atoms with Crippen molar-refractivity contribution in [2.75, 3.05) is 39.3 Å². The number of piperidine rings is 4. The van der Waals surface area contributed by atoms with Gasteiger partial charge in [-0.1, -0.05) is 121 Å². The summed E-state index contributed by atoms with van der Waals surface area (Å²) in [5, 5.41) is 19.1. The van der Waals surface area contributed by atoms with Crippen molar-refractivity contribution in [1.82, 2.24) is 30.7 Å². The van der Waals surface area contributed by atoms with Crippen molar-refractivity contribution in [3.05, 3.63) is 144 Å². The third-order valence-electron chi connectivity index (χ3n) is 16.9. The average molecular weight is 1200 g/mol. The molecule has 4 aromatic carbocycles. The minimum atomic E-state index is -0.953. The number of ether oxygens (including phenoxy) is 2. The maximum absolute atomic E-state index is 13.5. The first kappa shape index (κ1) is 69.4. The molecule has 4 aliphatic heterocycles. The Morgan fingerprint density at radius 3 is 1.15 bits per heavy atom. The number of carboxylic acids is 1. The van der Waals surface area contributed by atoms with Crippen molar-refractivity contribution in [2.24, 2.45) is 11.8 Å². The van der Waals surface area contributed by atoms with Gasteiger partial charge in [0.15, 0.2) is 0 Å². The smallest absolute Gasteiger partial charge is 0.411 e. The summed E-state index contributed by atoms with van der Waals surface area (Å²) in [6, 6.07) is 41.6. The molecule has 15 nitrogen and oxygen atoms in total. The molecule has 2 unspecified atom stereocenters. The summed E-state index contributed by atoms with van der Waals surface area (Å²) in [6.45, 7) is 14.9. The van der Waals surface area contributed by atoms with Crippen LogP contribution in [0.25, 0.3) is 0 Å². The Labute approximate surface area is 520 Å². The second-order valence-corrected chi connectivity index (χ2v) is 26.3. The van der Waals surface area contributed by atoms with Gasteiger partial charge in [-0.2, -0.15) is 0 Å². The monoisotopic (exact) mass is 1200 g/mol. The van der Waals surface area contributed by atoms with E-state index in [1.165, 1.54) is 27.2 Å². The first-order chi connectivity index (χ1) is 41.8. The summed E-state index contributed by atoms with van der Waals surface area (Å²) in [7, 11) is 0. The van der Waals surface area contributed by atoms with Gasteiger partial charge in [-0.15, -0.1) is 0 Å². The van der Waals surface area contributed by atoms with E-state index in [0.29, 0.717) is 51.9 Å². The second kappa shape index (κ2) is 36.5. The van der Waals surface area contributed by atoms with Gasteiger partial charge in [0.05, 0.1) is 0 Å². The van der Waals surface area contributed by atoms with Gasteiger partial charge in [-0.05, 0) is 218 Å². The number of aliphatic carboxylic acids is 1. The minimum Gasteiger partial charge on any atom is -0.480 e. The summed E-state index contributed by atoms with van der Waals surface area (Å²) in [5.41, 5.74) is 4.24. The fourth-order valence-electron chi connectivity index (χ4n) is 12.1. The number of rotatable bonds is 22. The number of likely N-dealkylation sites (tertiary alicyclic amines) is 3. The van der Waals surface area contributed by atoms with E-state index in [-0.39, 0.29) is 41.6 Å². The van der Waals surface area contributed by atoms with E-state index in [2.05, 4.69) is 125 Å². The van der Waals surface area contributed by atoms with Gasteiger partial charge in [0, 0.05) is 50.1 Å². The summed E-state index contributed by atoms with van der Waals surface area (Å²) in [4.78, 5) is 80.1. The fourth-order valence-corrected chi connectivity index (χ4v) is 12.1. The predicted molar refractivity (Wildman–Crippen MR) is 345 cm³/mol. The van der Waals surface area contributed by atoms with Gasteiger partial charge < -0.3 is 35.4 Å². The maximum atomic E-state index is 13.5. The molecule has 87 heavy (non-hydrogen) atoms. The topological polar surface area (TPSA) is 187 Å². The van der Waals surface area contributed by atoms with E-state index in [1.54, 1.807) is 25.7 Å². The predicted octanol–water partition coefficient (Wildman–Crippen LogP) is 12.9. The zero-order valence-electron chi connectivity index (χ0n) is 53.4. The summed E-state index contributed by atoms with van der Waals surface area (Å²) >= 11 is 0. The van der Waals surface area contributed by atoms with Crippen molar-refractivity contribution in [3.8, 4) is 0 Å². The Morgan fingerprint density at radius 1 is 0.471 bits per heavy atom. The van der Waals surface area contributed by atoms with Crippen molar-refractivity contribution < 1.29 is 43.3 Å². The van der Waals surface area contributed by atoms with Gasteiger partial charge in [0.25, 0.3) is 0 Å². The van der Waals surface area contributed by atoms with Gasteiger partial charge in [0.1, 0.15) is 23.3 Å². The molecule has 4 fully saturated rings. The van der Waals surface area contributed by atoms with Crippen LogP contribution in [0.15, 0.2) is 121 Å². The SMILES string of the molecule is CC(C)(C)OC(=O)N1CCCCC1C(=O)N1CCC(C(=O)NC(CCCc2ccccc2)CCCc2ccccc2)CC1.CC(C)(C)OC(=O)N1CCCCC1C(=O)O.O=C(NC(CCCc1ccccc1)CCCc1ccccc1)C1CCNCC1. The Balaban J connectivity index is 0.000000234. The van der Waals surface area contributed by atoms with Crippen molar-refractivity contribution in [2.45, 2.75) is 218 Å². The van der Waals surface area contributed by atoms with E-state index < -0.39 is 41.4 Å². The lowest BCUT2D eigenvalue weighted by atomic mass is 9.93. The highest BCUT2D eigenvalue weighted by atomic mass is 16.6. The number of nitrogens with zero attached hydrogens (tertiary/aromatic N) is 3. The standard InChI is InChI=1S/C36H51N3O4.C25H34N2O.C11H19NO4/c1-36(2,3)43-35(42)39-25-11-10-22-32(39)34(41)38-26-23-30(24-27-38)33(40)37-31(20-12-18-28-14-6-4-7-15-28)21-13-19-29-16-8-5-9-17-29;28-25(23-17-19-26-20-18-23)27-24(15-7-13-21-9-3-1-4-10-21)16-8-14-22-11-5-2-6-12-22;1-11(2,3)16-10(15)12-7-5-4-6-8(12)9(13)14/h4-9,14-17,30-32H,10-13,18-27H2,1-3H3,(H,37,40);1-6,9-12,23-24,26H,7-8,13-20H2,(H,27,28);8H,4-7H2,1-3H3,(H,13,14). The van der Waals surface area contributed by atoms with Crippen LogP contribution in [0.1, 0.15) is 179 Å². The van der Waals surface area contributed by atoms with E-state index in [0.717, 1.165) is 129 Å². The maximum Gasteiger partial charge on any atom is 0.411 e. The molecule has 4 heterocycles. The zero-order valence-corrected chi connectivity index (χ0v) is 53.4. The molecule has 4 aliphatic rings. The number of carboxylic acid groups (broad SMARTS) is 1. The highest BCUT2D eigenvalue weighted by Gasteiger charge is 2.39. The van der Waals surface area contributed by atoms with Gasteiger partial charge >= 0.3 is 18.2 Å². The van der Waals surface area contributed by atoms with Crippen LogP contribution in [0, 0.1) is 11.8 Å². The van der Waals surface area contributed by atoms with Gasteiger partial charge in [0.2, 0.25) is 17.7 Å². The number of hydrogen-bond acceptors (Lipinski definition) is 9. The Kier molecular flexibility index (Phi) is 29.1. The lowest BCUT2D eigenvalue weighted by Crippen LogP contribution is -2.55. The van der Waals surface area contributed by atoms with E-state index >= 15 is 0 Å². The Morgan fingerprint density at radius 2 is 0.805 bits per heavy atom. The quantitative estimate of drug-likeness (QED) is 0.0590. The molecule has 4 aromatic rings. The van der Waals surface area contributed by atoms with Crippen LogP contribution in [-0.4, -0.2) is 130 Å². The molecule has 0 bridgehead atoms. The number of aryl methyl sites for hydroxylation is 4. The molecule has 0 spiro atoms. The molecule has 0 radical (unpaired) electrons. The van der Waals surface area contributed by atoms with E-state index in [4.69, 9.17) is 14.6 Å². The molecule has 15 heteroatoms. The largest absolute Gasteiger partial charge is 0.480 e. The molecular weight excluding hydrogens is 1090 g/mol. The number of benzene rings is 4. The van der Waals surface area contributed by atoms with Crippen LogP contribution in [0.5, 0.6) is 0 Å². The number of carbonyl (C=O) groups excluding carboxylic acids is 5. The van der Waals surface area contributed by atoms with Crippen LogP contribution in [0.4, 0.5) is 9.59 Å². The molecule has 4 N–H and O–H groups in total. The highest BCUT2D eigenvalue weighted by molar-refractivity contribution is 5.87. The molecule has 4 saturated heterocycles. The minimum absolute atomic E-state index is 0.0101. The summed E-state index contributed by atoms with van der Waals surface area (Å²) in [6.07, 6.45) is 19.4. The lowest BCUT2D eigenvalue weighted by molar-refractivity contribution is -0.144. The molecule has 2 atom stereocenters. The van der Waals surface area contributed by atoms with Gasteiger partial charge in [-0.25, -0.2) is 14.4 Å². The first-order valence-electron chi connectivity index (χ1n) is 32.8. The first-order valence-corrected chi connectivity index (χ1v) is 32.8. The average Bonchev–Trinajstić information content (AvgIpc) is 3.23. The number of amides is 5. The molecule has 8 rings (SSSR count). The van der Waals surface area contributed by atoms with Crippen LogP contribution in [0.2, 0.25) is 0 Å². The summed E-state index contributed by atoms with van der Waals surface area (Å²) < 4.78 is 10.8. The van der Waals surface area contributed by atoms with Gasteiger partial charge in [-0.3, -0.25) is 24.2 Å². The number of nitrogens with one attached hydrogen (secondary N) is 3. The van der Waals surface area contributed by atoms with Crippen molar-refractivity contribution in [1.29, 1.82) is 0 Å². The normalized spacial score (nSPS) is 17.7. The molecule has 476 valence electrons.